The van der Waals surface area contributed by atoms with Gasteiger partial charge in [-0.1, -0.05) is 0 Å². The van der Waals surface area contributed by atoms with E-state index in [0.717, 1.165) is 54.1 Å². The smallest absolute Gasteiger partial charge is 0.391 e. The molecule has 2 aliphatic rings. The minimum absolute atomic E-state index is 0.155. The second-order valence-electron chi connectivity index (χ2n) is 9.73. The van der Waals surface area contributed by atoms with E-state index in [0.29, 0.717) is 26.1 Å². The molecule has 1 saturated carbocycles. The fourth-order valence-corrected chi connectivity index (χ4v) is 5.14. The van der Waals surface area contributed by atoms with Crippen LogP contribution < -0.4 is 10.2 Å². The molecule has 11 heteroatoms. The maximum Gasteiger partial charge on any atom is 0.391 e. The molecule has 8 nitrogen and oxygen atoms in total. The Balaban J connectivity index is 1.52. The third-order valence-electron chi connectivity index (χ3n) is 6.96. The van der Waals surface area contributed by atoms with Crippen LogP contribution in [0.1, 0.15) is 50.6 Å². The first kappa shape index (κ1) is 24.8. The van der Waals surface area contributed by atoms with Crippen molar-refractivity contribution in [3.05, 3.63) is 36.3 Å². The van der Waals surface area contributed by atoms with Crippen molar-refractivity contribution in [1.82, 2.24) is 19.6 Å². The zero-order valence-electron chi connectivity index (χ0n) is 20.2. The molecule has 5 rings (SSSR count). The molecule has 1 saturated heterocycles. The summed E-state index contributed by atoms with van der Waals surface area (Å²) in [4.78, 5) is 11.1. The van der Waals surface area contributed by atoms with Crippen LogP contribution in [0, 0.1) is 0 Å². The maximum atomic E-state index is 12.8. The van der Waals surface area contributed by atoms with Crippen molar-refractivity contribution >= 4 is 17.3 Å². The number of halogens is 3. The number of nitrogens with one attached hydrogen (secondary N) is 1. The minimum Gasteiger partial charge on any atom is -0.393 e. The molecule has 2 fully saturated rings. The number of alkyl halides is 3. The van der Waals surface area contributed by atoms with Gasteiger partial charge in [0, 0.05) is 42.5 Å². The highest BCUT2D eigenvalue weighted by Crippen LogP contribution is 2.38. The zero-order chi connectivity index (χ0) is 25.3. The van der Waals surface area contributed by atoms with E-state index >= 15 is 0 Å². The van der Waals surface area contributed by atoms with Crippen molar-refractivity contribution in [2.75, 3.05) is 36.5 Å². The second kappa shape index (κ2) is 10.2. The molecule has 1 atom stereocenters. The Kier molecular flexibility index (Phi) is 7.03. The van der Waals surface area contributed by atoms with Crippen molar-refractivity contribution in [2.24, 2.45) is 0 Å². The van der Waals surface area contributed by atoms with Gasteiger partial charge in [0.25, 0.3) is 0 Å². The lowest BCUT2D eigenvalue weighted by Crippen LogP contribution is -2.36. The Labute approximate surface area is 207 Å². The number of rotatable bonds is 6. The fraction of sp³-hybridized carbons (Fsp3) is 0.560. The molecule has 3 aromatic heterocycles. The molecular formula is C25H31F3N6O2. The SMILES string of the molecule is C[C@@H](CC(F)(F)F)Nc1ncc2c(-c3ccnc(N4CCOCC4)c3)cc([C@H]3CC[C@H](O)CC3)n2n1. The summed E-state index contributed by atoms with van der Waals surface area (Å²) in [6.07, 6.45) is 0.976. The van der Waals surface area contributed by atoms with Gasteiger partial charge in [-0.3, -0.25) is 0 Å². The Morgan fingerprint density at radius 2 is 1.89 bits per heavy atom. The predicted molar refractivity (Wildman–Crippen MR) is 130 cm³/mol. The summed E-state index contributed by atoms with van der Waals surface area (Å²) in [6, 6.07) is 5.24. The van der Waals surface area contributed by atoms with E-state index in [2.05, 4.69) is 31.3 Å². The van der Waals surface area contributed by atoms with Gasteiger partial charge >= 0.3 is 6.18 Å². The van der Waals surface area contributed by atoms with E-state index in [1.54, 1.807) is 12.4 Å². The van der Waals surface area contributed by atoms with Crippen LogP contribution in [0.5, 0.6) is 0 Å². The number of aromatic nitrogens is 4. The van der Waals surface area contributed by atoms with Gasteiger partial charge in [-0.15, -0.1) is 5.10 Å². The second-order valence-corrected chi connectivity index (χ2v) is 9.73. The molecule has 0 bridgehead atoms. The predicted octanol–water partition coefficient (Wildman–Crippen LogP) is 4.40. The fourth-order valence-electron chi connectivity index (χ4n) is 5.14. The number of hydrogen-bond donors (Lipinski definition) is 2. The molecule has 0 spiro atoms. The lowest BCUT2D eigenvalue weighted by Gasteiger charge is -2.28. The first-order valence-electron chi connectivity index (χ1n) is 12.5. The number of aliphatic hydroxyl groups excluding tert-OH is 1. The molecule has 1 aliphatic carbocycles. The Morgan fingerprint density at radius 1 is 1.14 bits per heavy atom. The van der Waals surface area contributed by atoms with Crippen LogP contribution in [-0.2, 0) is 4.74 Å². The van der Waals surface area contributed by atoms with E-state index in [9.17, 15) is 18.3 Å². The molecule has 3 aromatic rings. The van der Waals surface area contributed by atoms with Crippen molar-refractivity contribution in [2.45, 2.75) is 63.3 Å². The molecule has 2 N–H and O–H groups in total. The normalized spacial score (nSPS) is 22.1. The zero-order valence-corrected chi connectivity index (χ0v) is 20.2. The van der Waals surface area contributed by atoms with Gasteiger partial charge in [0.15, 0.2) is 0 Å². The summed E-state index contributed by atoms with van der Waals surface area (Å²) in [5.41, 5.74) is 3.68. The molecule has 36 heavy (non-hydrogen) atoms. The summed E-state index contributed by atoms with van der Waals surface area (Å²) in [5, 5.41) is 17.4. The van der Waals surface area contributed by atoms with Crippen LogP contribution in [0.25, 0.3) is 16.6 Å². The Morgan fingerprint density at radius 3 is 2.61 bits per heavy atom. The van der Waals surface area contributed by atoms with Crippen LogP contribution in [0.4, 0.5) is 24.9 Å². The summed E-state index contributed by atoms with van der Waals surface area (Å²) in [7, 11) is 0. The van der Waals surface area contributed by atoms with E-state index in [1.165, 1.54) is 6.92 Å². The van der Waals surface area contributed by atoms with Gasteiger partial charge in [-0.2, -0.15) is 13.2 Å². The molecule has 0 aromatic carbocycles. The van der Waals surface area contributed by atoms with Crippen LogP contribution in [-0.4, -0.2) is 69.3 Å². The lowest BCUT2D eigenvalue weighted by atomic mass is 9.85. The van der Waals surface area contributed by atoms with E-state index in [1.807, 2.05) is 16.6 Å². The highest BCUT2D eigenvalue weighted by molar-refractivity contribution is 5.82. The number of anilines is 2. The number of pyridine rings is 1. The van der Waals surface area contributed by atoms with Gasteiger partial charge in [0.1, 0.15) is 5.82 Å². The van der Waals surface area contributed by atoms with Gasteiger partial charge in [0.05, 0.1) is 37.5 Å². The van der Waals surface area contributed by atoms with Crippen molar-refractivity contribution in [1.29, 1.82) is 0 Å². The number of nitrogens with zero attached hydrogens (tertiary/aromatic N) is 5. The van der Waals surface area contributed by atoms with E-state index < -0.39 is 18.6 Å². The topological polar surface area (TPSA) is 87.8 Å². The third-order valence-corrected chi connectivity index (χ3v) is 6.96. The molecular weight excluding hydrogens is 473 g/mol. The van der Waals surface area contributed by atoms with Gasteiger partial charge < -0.3 is 20.1 Å². The van der Waals surface area contributed by atoms with Crippen molar-refractivity contribution < 1.29 is 23.0 Å². The number of ether oxygens (including phenoxy) is 1. The summed E-state index contributed by atoms with van der Waals surface area (Å²) in [5.74, 6) is 1.21. The molecule has 194 valence electrons. The van der Waals surface area contributed by atoms with Crippen molar-refractivity contribution in [3.63, 3.8) is 0 Å². The lowest BCUT2D eigenvalue weighted by molar-refractivity contribution is -0.136. The Hall–Kier alpha value is -2.92. The van der Waals surface area contributed by atoms with Crippen LogP contribution in [0.15, 0.2) is 30.6 Å². The monoisotopic (exact) mass is 504 g/mol. The summed E-state index contributed by atoms with van der Waals surface area (Å²) >= 11 is 0. The Bertz CT molecular complexity index is 1190. The molecule has 1 aliphatic heterocycles. The number of morpholine rings is 1. The van der Waals surface area contributed by atoms with E-state index in [-0.39, 0.29) is 18.0 Å². The summed E-state index contributed by atoms with van der Waals surface area (Å²) in [6.45, 7) is 4.34. The largest absolute Gasteiger partial charge is 0.393 e. The highest BCUT2D eigenvalue weighted by Gasteiger charge is 2.31. The van der Waals surface area contributed by atoms with Gasteiger partial charge in [0.2, 0.25) is 5.95 Å². The number of aliphatic hydroxyl groups is 1. The van der Waals surface area contributed by atoms with Crippen LogP contribution >= 0.6 is 0 Å². The third kappa shape index (κ3) is 5.57. The standard InChI is InChI=1S/C25H31F3N6O2/c1-16(14-25(26,27)28)31-24-30-15-22-20(13-21(34(22)32-24)17-2-4-19(35)5-3-17)18-6-7-29-23(12-18)33-8-10-36-11-9-33/h6-7,12-13,15-17,19,35H,2-5,8-11,14H2,1H3,(H,31,32)/t16-,17-,19-/m0/s1. The highest BCUT2D eigenvalue weighted by atomic mass is 19.4. The number of fused-ring (bicyclic) bond motifs is 1. The van der Waals surface area contributed by atoms with Crippen LogP contribution in [0.3, 0.4) is 0 Å². The maximum absolute atomic E-state index is 12.8. The van der Waals surface area contributed by atoms with Crippen molar-refractivity contribution in [3.8, 4) is 11.1 Å². The van der Waals surface area contributed by atoms with Gasteiger partial charge in [-0.25, -0.2) is 14.5 Å². The summed E-state index contributed by atoms with van der Waals surface area (Å²) < 4.78 is 45.8. The molecule has 0 radical (unpaired) electrons. The molecule has 0 amide bonds. The van der Waals surface area contributed by atoms with Gasteiger partial charge in [-0.05, 0) is 56.4 Å². The average Bonchev–Trinajstić information content (AvgIpc) is 3.23. The van der Waals surface area contributed by atoms with Crippen LogP contribution in [0.2, 0.25) is 0 Å². The quantitative estimate of drug-likeness (QED) is 0.515. The number of hydrogen-bond acceptors (Lipinski definition) is 7. The first-order chi connectivity index (χ1) is 17.3. The molecule has 0 unspecified atom stereocenters. The van der Waals surface area contributed by atoms with E-state index in [4.69, 9.17) is 4.74 Å². The minimum atomic E-state index is -4.27. The average molecular weight is 505 g/mol. The first-order valence-corrected chi connectivity index (χ1v) is 12.5. The molecule has 4 heterocycles.